The lowest BCUT2D eigenvalue weighted by Crippen LogP contribution is -2.39. The highest BCUT2D eigenvalue weighted by molar-refractivity contribution is 6.33. The van der Waals surface area contributed by atoms with Crippen LogP contribution in [0.3, 0.4) is 0 Å². The smallest absolute Gasteiger partial charge is 0.257 e. The van der Waals surface area contributed by atoms with E-state index in [9.17, 15) is 4.79 Å². The number of carbonyl (C=O) groups excluding carboxylic acids is 1. The van der Waals surface area contributed by atoms with Crippen LogP contribution < -0.4 is 10.5 Å². The third-order valence-corrected chi connectivity index (χ3v) is 5.15. The molecule has 1 aliphatic rings. The van der Waals surface area contributed by atoms with E-state index in [4.69, 9.17) is 22.1 Å². The lowest BCUT2D eigenvalue weighted by molar-refractivity contribution is 0.0687. The number of methoxy groups -OCH3 is 1. The molecular formula is C20H23ClN2O2. The number of hydrogen-bond donors (Lipinski definition) is 1. The van der Waals surface area contributed by atoms with Crippen molar-refractivity contribution < 1.29 is 9.53 Å². The number of benzene rings is 2. The summed E-state index contributed by atoms with van der Waals surface area (Å²) in [4.78, 5) is 14.7. The van der Waals surface area contributed by atoms with Crippen LogP contribution in [-0.4, -0.2) is 31.0 Å². The fraction of sp³-hybridized carbons (Fsp3) is 0.350. The first-order valence-corrected chi connectivity index (χ1v) is 8.92. The average Bonchev–Trinajstić information content (AvgIpc) is 2.64. The molecule has 0 spiro atoms. The monoisotopic (exact) mass is 358 g/mol. The Hall–Kier alpha value is -2.20. The lowest BCUT2D eigenvalue weighted by Gasteiger charge is -2.32. The second kappa shape index (κ2) is 7.79. The summed E-state index contributed by atoms with van der Waals surface area (Å²) < 4.78 is 5.31. The summed E-state index contributed by atoms with van der Waals surface area (Å²) in [6, 6.07) is 13.7. The molecule has 1 saturated heterocycles. The zero-order valence-electron chi connectivity index (χ0n) is 14.4. The van der Waals surface area contributed by atoms with Gasteiger partial charge in [-0.3, -0.25) is 4.79 Å². The zero-order valence-corrected chi connectivity index (χ0v) is 15.1. The predicted molar refractivity (Wildman–Crippen MR) is 101 cm³/mol. The molecule has 25 heavy (non-hydrogen) atoms. The Morgan fingerprint density at radius 3 is 2.56 bits per heavy atom. The zero-order chi connectivity index (χ0) is 17.8. The average molecular weight is 359 g/mol. The van der Waals surface area contributed by atoms with Crippen molar-refractivity contribution in [3.8, 4) is 5.75 Å². The SMILES string of the molecule is COc1cc(N)c(Cl)cc1C(=O)N1CCC(Cc2ccccc2)CC1. The second-order valence-electron chi connectivity index (χ2n) is 6.50. The second-order valence-corrected chi connectivity index (χ2v) is 6.91. The summed E-state index contributed by atoms with van der Waals surface area (Å²) >= 11 is 6.09. The molecule has 0 saturated carbocycles. The van der Waals surface area contributed by atoms with Gasteiger partial charge >= 0.3 is 0 Å². The van der Waals surface area contributed by atoms with Crippen molar-refractivity contribution in [2.75, 3.05) is 25.9 Å². The molecule has 1 heterocycles. The Balaban J connectivity index is 1.65. The molecule has 0 unspecified atom stereocenters. The van der Waals surface area contributed by atoms with Gasteiger partial charge in [-0.25, -0.2) is 0 Å². The Labute approximate surface area is 153 Å². The van der Waals surface area contributed by atoms with Gasteiger partial charge in [-0.1, -0.05) is 41.9 Å². The van der Waals surface area contributed by atoms with E-state index in [-0.39, 0.29) is 5.91 Å². The fourth-order valence-electron chi connectivity index (χ4n) is 3.36. The van der Waals surface area contributed by atoms with Gasteiger partial charge in [0, 0.05) is 19.2 Å². The van der Waals surface area contributed by atoms with Crippen LogP contribution in [0.2, 0.25) is 5.02 Å². The molecule has 0 aromatic heterocycles. The van der Waals surface area contributed by atoms with Gasteiger partial charge in [0.05, 0.1) is 23.4 Å². The number of amides is 1. The molecule has 2 aromatic carbocycles. The van der Waals surface area contributed by atoms with E-state index in [0.29, 0.717) is 27.9 Å². The number of ether oxygens (including phenoxy) is 1. The maximum absolute atomic E-state index is 12.9. The number of rotatable bonds is 4. The summed E-state index contributed by atoms with van der Waals surface area (Å²) in [6.45, 7) is 1.50. The Morgan fingerprint density at radius 2 is 1.92 bits per heavy atom. The molecule has 0 bridgehead atoms. The minimum Gasteiger partial charge on any atom is -0.496 e. The quantitative estimate of drug-likeness (QED) is 0.839. The molecule has 0 aliphatic carbocycles. The van der Waals surface area contributed by atoms with E-state index >= 15 is 0 Å². The summed E-state index contributed by atoms with van der Waals surface area (Å²) in [6.07, 6.45) is 3.08. The largest absolute Gasteiger partial charge is 0.496 e. The Morgan fingerprint density at radius 1 is 1.24 bits per heavy atom. The van der Waals surface area contributed by atoms with Crippen LogP contribution in [0.1, 0.15) is 28.8 Å². The summed E-state index contributed by atoms with van der Waals surface area (Å²) in [5.41, 5.74) is 8.05. The summed E-state index contributed by atoms with van der Waals surface area (Å²) in [7, 11) is 1.53. The summed E-state index contributed by atoms with van der Waals surface area (Å²) in [5, 5.41) is 0.378. The standard InChI is InChI=1S/C20H23ClN2O2/c1-25-19-13-18(22)17(21)12-16(19)20(24)23-9-7-15(8-10-23)11-14-5-3-2-4-6-14/h2-6,12-13,15H,7-11,22H2,1H3. The maximum atomic E-state index is 12.9. The normalized spacial score (nSPS) is 15.2. The van der Waals surface area contributed by atoms with Crippen LogP contribution in [-0.2, 0) is 6.42 Å². The maximum Gasteiger partial charge on any atom is 0.257 e. The molecule has 4 nitrogen and oxygen atoms in total. The van der Waals surface area contributed by atoms with Crippen molar-refractivity contribution in [3.63, 3.8) is 0 Å². The van der Waals surface area contributed by atoms with Crippen molar-refractivity contribution in [2.45, 2.75) is 19.3 Å². The molecule has 1 fully saturated rings. The predicted octanol–water partition coefficient (Wildman–Crippen LogP) is 4.03. The van der Waals surface area contributed by atoms with Gasteiger partial charge in [-0.2, -0.15) is 0 Å². The van der Waals surface area contributed by atoms with E-state index < -0.39 is 0 Å². The van der Waals surface area contributed by atoms with E-state index in [1.54, 1.807) is 12.1 Å². The third-order valence-electron chi connectivity index (χ3n) is 4.82. The van der Waals surface area contributed by atoms with E-state index in [2.05, 4.69) is 24.3 Å². The molecule has 1 amide bonds. The number of hydrogen-bond acceptors (Lipinski definition) is 3. The number of halogens is 1. The fourth-order valence-corrected chi connectivity index (χ4v) is 3.53. The molecular weight excluding hydrogens is 336 g/mol. The van der Waals surface area contributed by atoms with Gasteiger partial charge in [-0.15, -0.1) is 0 Å². The van der Waals surface area contributed by atoms with E-state index in [1.165, 1.54) is 12.7 Å². The van der Waals surface area contributed by atoms with Crippen LogP contribution >= 0.6 is 11.6 Å². The topological polar surface area (TPSA) is 55.6 Å². The van der Waals surface area contributed by atoms with Crippen molar-refractivity contribution in [2.24, 2.45) is 5.92 Å². The Bertz CT molecular complexity index is 741. The summed E-state index contributed by atoms with van der Waals surface area (Å²) in [5.74, 6) is 1.04. The van der Waals surface area contributed by atoms with Gasteiger partial charge < -0.3 is 15.4 Å². The first-order valence-electron chi connectivity index (χ1n) is 8.54. The number of piperidine rings is 1. The lowest BCUT2D eigenvalue weighted by atomic mass is 9.90. The molecule has 0 radical (unpaired) electrons. The van der Waals surface area contributed by atoms with Gasteiger partial charge in [0.1, 0.15) is 5.75 Å². The van der Waals surface area contributed by atoms with Crippen LogP contribution in [0.25, 0.3) is 0 Å². The van der Waals surface area contributed by atoms with Gasteiger partial charge in [0.25, 0.3) is 5.91 Å². The molecule has 3 rings (SSSR count). The first kappa shape index (κ1) is 17.6. The number of nitrogens with zero attached hydrogens (tertiary/aromatic N) is 1. The number of likely N-dealkylation sites (tertiary alicyclic amines) is 1. The number of anilines is 1. The van der Waals surface area contributed by atoms with Crippen LogP contribution in [0.4, 0.5) is 5.69 Å². The van der Waals surface area contributed by atoms with Crippen LogP contribution in [0.5, 0.6) is 5.75 Å². The number of carbonyl (C=O) groups is 1. The molecule has 5 heteroatoms. The van der Waals surface area contributed by atoms with Crippen molar-refractivity contribution in [1.29, 1.82) is 0 Å². The molecule has 0 atom stereocenters. The molecule has 2 aromatic rings. The van der Waals surface area contributed by atoms with Gasteiger partial charge in [0.2, 0.25) is 0 Å². The van der Waals surface area contributed by atoms with Crippen LogP contribution in [0, 0.1) is 5.92 Å². The number of nitrogens with two attached hydrogens (primary N) is 1. The van der Waals surface area contributed by atoms with Crippen molar-refractivity contribution >= 4 is 23.2 Å². The minimum absolute atomic E-state index is 0.0445. The van der Waals surface area contributed by atoms with Crippen molar-refractivity contribution in [1.82, 2.24) is 4.90 Å². The molecule has 132 valence electrons. The van der Waals surface area contributed by atoms with E-state index in [1.807, 2.05) is 11.0 Å². The highest BCUT2D eigenvalue weighted by Gasteiger charge is 2.26. The highest BCUT2D eigenvalue weighted by Crippen LogP contribution is 2.31. The third kappa shape index (κ3) is 4.07. The molecule has 1 aliphatic heterocycles. The van der Waals surface area contributed by atoms with Crippen molar-refractivity contribution in [3.05, 3.63) is 58.6 Å². The minimum atomic E-state index is -0.0445. The number of nitrogen functional groups attached to an aromatic ring is 1. The Kier molecular flexibility index (Phi) is 5.49. The van der Waals surface area contributed by atoms with Crippen LogP contribution in [0.15, 0.2) is 42.5 Å². The van der Waals surface area contributed by atoms with E-state index in [0.717, 1.165) is 32.4 Å². The highest BCUT2D eigenvalue weighted by atomic mass is 35.5. The molecule has 2 N–H and O–H groups in total. The van der Waals surface area contributed by atoms with Gasteiger partial charge in [0.15, 0.2) is 0 Å². The first-order chi connectivity index (χ1) is 12.1. The van der Waals surface area contributed by atoms with Gasteiger partial charge in [-0.05, 0) is 36.8 Å².